The lowest BCUT2D eigenvalue weighted by Crippen LogP contribution is -2.40. The fraction of sp³-hybridized carbons (Fsp3) is 0.529. The van der Waals surface area contributed by atoms with Crippen LogP contribution in [-0.2, 0) is 0 Å². The Hall–Kier alpha value is -0.823. The molecule has 0 heterocycles. The van der Waals surface area contributed by atoms with Crippen LogP contribution in [0.1, 0.15) is 26.2 Å². The highest BCUT2D eigenvalue weighted by Gasteiger charge is 2.33. The van der Waals surface area contributed by atoms with E-state index in [4.69, 9.17) is 0 Å². The molecule has 0 aromatic heterocycles. The van der Waals surface area contributed by atoms with E-state index in [9.17, 15) is 0 Å². The van der Waals surface area contributed by atoms with E-state index in [2.05, 4.69) is 62.5 Å². The Morgan fingerprint density at radius 3 is 2.61 bits per heavy atom. The van der Waals surface area contributed by atoms with E-state index in [1.165, 1.54) is 25.3 Å². The molecule has 1 aliphatic carbocycles. The third-order valence-corrected chi connectivity index (χ3v) is 7.36. The highest BCUT2D eigenvalue weighted by Crippen LogP contribution is 2.43. The third kappa shape index (κ3) is 3.58. The summed E-state index contributed by atoms with van der Waals surface area (Å²) >= 11 is 0. The van der Waals surface area contributed by atoms with Crippen molar-refractivity contribution < 1.29 is 0 Å². The topological polar surface area (TPSA) is 0 Å². The van der Waals surface area contributed by atoms with E-state index in [1.807, 2.05) is 0 Å². The van der Waals surface area contributed by atoms with Crippen molar-refractivity contribution in [1.29, 1.82) is 0 Å². The van der Waals surface area contributed by atoms with Gasteiger partial charge in [-0.1, -0.05) is 80.5 Å². The van der Waals surface area contributed by atoms with Gasteiger partial charge in [0.1, 0.15) is 0 Å². The largest absolute Gasteiger partial charge is 0.0906 e. The maximum atomic E-state index is 2.50. The third-order valence-electron chi connectivity index (χ3n) is 4.20. The van der Waals surface area contributed by atoms with Crippen LogP contribution < -0.4 is 5.19 Å². The Morgan fingerprint density at radius 1 is 1.22 bits per heavy atom. The first-order valence-electron chi connectivity index (χ1n) is 7.35. The molecule has 0 aliphatic heterocycles. The van der Waals surface area contributed by atoms with Gasteiger partial charge in [0.2, 0.25) is 0 Å². The zero-order valence-corrected chi connectivity index (χ0v) is 13.0. The molecule has 2 atom stereocenters. The van der Waals surface area contributed by atoms with Gasteiger partial charge in [-0.3, -0.25) is 0 Å². The summed E-state index contributed by atoms with van der Waals surface area (Å²) in [4.78, 5) is 0. The lowest BCUT2D eigenvalue weighted by atomic mass is 10.2. The average molecular weight is 258 g/mol. The van der Waals surface area contributed by atoms with Crippen molar-refractivity contribution in [2.45, 2.75) is 45.3 Å². The Bertz CT molecular complexity index is 391. The van der Waals surface area contributed by atoms with Gasteiger partial charge in [-0.05, 0) is 24.3 Å². The minimum atomic E-state index is -1.25. The number of allylic oxidation sites excluding steroid dienone is 2. The quantitative estimate of drug-likeness (QED) is 0.517. The second kappa shape index (κ2) is 5.88. The molecular formula is C17H26Si. The van der Waals surface area contributed by atoms with Crippen molar-refractivity contribution in [2.75, 3.05) is 0 Å². The predicted octanol–water partition coefficient (Wildman–Crippen LogP) is 4.59. The van der Waals surface area contributed by atoms with E-state index in [-0.39, 0.29) is 0 Å². The molecule has 0 radical (unpaired) electrons. The normalized spacial score (nSPS) is 23.5. The molecule has 0 saturated heterocycles. The van der Waals surface area contributed by atoms with E-state index >= 15 is 0 Å². The van der Waals surface area contributed by atoms with Crippen LogP contribution in [0.25, 0.3) is 0 Å². The first-order valence-corrected chi connectivity index (χ1v) is 10.6. The second-order valence-corrected chi connectivity index (χ2v) is 11.1. The SMILES string of the molecule is CCCC1CC1/C=C/C[Si](C)(C)c1ccccc1. The minimum Gasteiger partial charge on any atom is -0.0906 e. The molecule has 0 spiro atoms. The van der Waals surface area contributed by atoms with Crippen LogP contribution in [0.2, 0.25) is 19.1 Å². The van der Waals surface area contributed by atoms with Crippen molar-refractivity contribution in [2.24, 2.45) is 11.8 Å². The molecule has 1 aromatic carbocycles. The first-order chi connectivity index (χ1) is 8.63. The molecule has 2 unspecified atom stereocenters. The lowest BCUT2D eigenvalue weighted by molar-refractivity contribution is 0.679. The number of hydrogen-bond acceptors (Lipinski definition) is 0. The Labute approximate surface area is 113 Å². The van der Waals surface area contributed by atoms with Crippen molar-refractivity contribution >= 4 is 13.3 Å². The molecule has 0 amide bonds. The Kier molecular flexibility index (Phi) is 4.44. The van der Waals surface area contributed by atoms with Gasteiger partial charge < -0.3 is 0 Å². The lowest BCUT2D eigenvalue weighted by Gasteiger charge is -2.20. The van der Waals surface area contributed by atoms with Gasteiger partial charge in [0.15, 0.2) is 0 Å². The van der Waals surface area contributed by atoms with Gasteiger partial charge in [0, 0.05) is 0 Å². The molecule has 2 rings (SSSR count). The molecule has 18 heavy (non-hydrogen) atoms. The van der Waals surface area contributed by atoms with Crippen molar-refractivity contribution in [3.8, 4) is 0 Å². The summed E-state index contributed by atoms with van der Waals surface area (Å²) in [5, 5.41) is 1.58. The standard InChI is InChI=1S/C17H26Si/c1-4-9-15-14-16(15)10-8-13-18(2,3)17-11-6-5-7-12-17/h5-8,10-12,15-16H,4,9,13-14H2,1-3H3/b10-8+. The molecule has 98 valence electrons. The fourth-order valence-corrected chi connectivity index (χ4v) is 4.81. The summed E-state index contributed by atoms with van der Waals surface area (Å²) in [6, 6.07) is 12.3. The average Bonchev–Trinajstić information content (AvgIpc) is 3.09. The molecule has 1 aromatic rings. The van der Waals surface area contributed by atoms with Gasteiger partial charge in [0.25, 0.3) is 0 Å². The van der Waals surface area contributed by atoms with Gasteiger partial charge in [0.05, 0.1) is 8.07 Å². The minimum absolute atomic E-state index is 0.908. The first kappa shape index (κ1) is 13.6. The summed E-state index contributed by atoms with van der Waals surface area (Å²) in [7, 11) is -1.25. The van der Waals surface area contributed by atoms with Crippen LogP contribution in [-0.4, -0.2) is 8.07 Å². The van der Waals surface area contributed by atoms with Crippen molar-refractivity contribution in [3.05, 3.63) is 42.5 Å². The van der Waals surface area contributed by atoms with Gasteiger partial charge in [-0.2, -0.15) is 0 Å². The molecule has 0 N–H and O–H groups in total. The molecule has 0 nitrogen and oxygen atoms in total. The van der Waals surface area contributed by atoms with E-state index in [1.54, 1.807) is 5.19 Å². The molecule has 0 bridgehead atoms. The van der Waals surface area contributed by atoms with Crippen LogP contribution in [0.5, 0.6) is 0 Å². The molecule has 1 saturated carbocycles. The maximum absolute atomic E-state index is 2.50. The van der Waals surface area contributed by atoms with E-state index in [0.717, 1.165) is 11.8 Å². The smallest absolute Gasteiger partial charge is 0.0843 e. The van der Waals surface area contributed by atoms with Crippen LogP contribution in [0, 0.1) is 11.8 Å². The molecule has 1 fully saturated rings. The number of benzene rings is 1. The summed E-state index contributed by atoms with van der Waals surface area (Å²) < 4.78 is 0. The van der Waals surface area contributed by atoms with E-state index < -0.39 is 8.07 Å². The van der Waals surface area contributed by atoms with E-state index in [0.29, 0.717) is 0 Å². The number of hydrogen-bond donors (Lipinski definition) is 0. The molecular weight excluding hydrogens is 232 g/mol. The zero-order valence-electron chi connectivity index (χ0n) is 12.0. The summed E-state index contributed by atoms with van der Waals surface area (Å²) in [5.41, 5.74) is 0. The zero-order chi connectivity index (χ0) is 13.0. The summed E-state index contributed by atoms with van der Waals surface area (Å²) in [6.45, 7) is 7.25. The Morgan fingerprint density at radius 2 is 1.94 bits per heavy atom. The predicted molar refractivity (Wildman–Crippen MR) is 84.0 cm³/mol. The number of rotatable bonds is 6. The van der Waals surface area contributed by atoms with Crippen LogP contribution >= 0.6 is 0 Å². The summed E-state index contributed by atoms with van der Waals surface area (Å²) in [5.74, 6) is 1.92. The fourth-order valence-electron chi connectivity index (χ4n) is 2.75. The second-order valence-electron chi connectivity index (χ2n) is 6.33. The van der Waals surface area contributed by atoms with Crippen LogP contribution in [0.15, 0.2) is 42.5 Å². The molecule has 1 aliphatic rings. The van der Waals surface area contributed by atoms with Gasteiger partial charge in [-0.15, -0.1) is 0 Å². The van der Waals surface area contributed by atoms with Crippen molar-refractivity contribution in [1.82, 2.24) is 0 Å². The van der Waals surface area contributed by atoms with Crippen LogP contribution in [0.4, 0.5) is 0 Å². The monoisotopic (exact) mass is 258 g/mol. The Balaban J connectivity index is 1.85. The van der Waals surface area contributed by atoms with Gasteiger partial charge >= 0.3 is 0 Å². The molecule has 1 heteroatoms. The maximum Gasteiger partial charge on any atom is 0.0843 e. The van der Waals surface area contributed by atoms with Gasteiger partial charge in [-0.25, -0.2) is 0 Å². The summed E-state index contributed by atoms with van der Waals surface area (Å²) in [6.07, 6.45) is 9.18. The highest BCUT2D eigenvalue weighted by atomic mass is 28.3. The highest BCUT2D eigenvalue weighted by molar-refractivity contribution is 6.90. The van der Waals surface area contributed by atoms with Crippen molar-refractivity contribution in [3.63, 3.8) is 0 Å². The van der Waals surface area contributed by atoms with Crippen LogP contribution in [0.3, 0.4) is 0 Å².